The largest absolute Gasteiger partial charge is 0.490 e. The van der Waals surface area contributed by atoms with E-state index in [9.17, 15) is 13.5 Å². The molecule has 0 aliphatic carbocycles. The van der Waals surface area contributed by atoms with Gasteiger partial charge >= 0.3 is 0 Å². The normalized spacial score (nSPS) is 17.4. The summed E-state index contributed by atoms with van der Waals surface area (Å²) in [6.07, 6.45) is 1.05. The van der Waals surface area contributed by atoms with E-state index in [0.717, 1.165) is 46.9 Å². The third-order valence-electron chi connectivity index (χ3n) is 6.27. The number of piperidine rings is 1. The maximum atomic E-state index is 12.3. The minimum absolute atomic E-state index is 0.205. The maximum Gasteiger partial charge on any atom is 0.216 e. The smallest absolute Gasteiger partial charge is 0.216 e. The van der Waals surface area contributed by atoms with Crippen molar-refractivity contribution in [3.05, 3.63) is 42.5 Å². The molecule has 1 saturated heterocycles. The number of ether oxygens (including phenoxy) is 1. The lowest BCUT2D eigenvalue weighted by Crippen LogP contribution is -2.44. The number of hydrogen-bond acceptors (Lipinski definition) is 5. The summed E-state index contributed by atoms with van der Waals surface area (Å²) in [6, 6.07) is 14.0. The highest BCUT2D eigenvalue weighted by atomic mass is 32.2. The molecule has 7 nitrogen and oxygen atoms in total. The van der Waals surface area contributed by atoms with Crippen LogP contribution in [-0.2, 0) is 10.0 Å². The standard InChI is InChI=1S/C24H33N3O4S/c1-17(2)32(29,30)27-12-10-18(11-13-27)14-25-15-19(28)16-31-23-9-5-8-22-24(23)20-6-3-4-7-21(20)26-22/h3-9,17-19,25-26,28H,10-16H2,1-2H3/t19-/m0/s1. The molecule has 0 unspecified atom stereocenters. The Morgan fingerprint density at radius 2 is 1.84 bits per heavy atom. The number of sulfonamides is 1. The lowest BCUT2D eigenvalue weighted by molar-refractivity contribution is 0.105. The summed E-state index contributed by atoms with van der Waals surface area (Å²) in [5.41, 5.74) is 2.08. The second kappa shape index (κ2) is 9.79. The van der Waals surface area contributed by atoms with Crippen molar-refractivity contribution in [2.24, 2.45) is 5.92 Å². The van der Waals surface area contributed by atoms with Crippen LogP contribution in [0.4, 0.5) is 0 Å². The van der Waals surface area contributed by atoms with E-state index >= 15 is 0 Å². The number of nitrogens with zero attached hydrogens (tertiary/aromatic N) is 1. The van der Waals surface area contributed by atoms with E-state index in [1.54, 1.807) is 18.2 Å². The topological polar surface area (TPSA) is 94.7 Å². The molecule has 0 amide bonds. The Morgan fingerprint density at radius 1 is 1.12 bits per heavy atom. The van der Waals surface area contributed by atoms with Gasteiger partial charge in [0.05, 0.1) is 10.8 Å². The molecule has 32 heavy (non-hydrogen) atoms. The third kappa shape index (κ3) is 4.93. The number of H-pyrrole nitrogens is 1. The molecule has 3 N–H and O–H groups in total. The van der Waals surface area contributed by atoms with Crippen LogP contribution in [0.25, 0.3) is 21.8 Å². The summed E-state index contributed by atoms with van der Waals surface area (Å²) in [5.74, 6) is 1.18. The van der Waals surface area contributed by atoms with Gasteiger partial charge < -0.3 is 20.1 Å². The van der Waals surface area contributed by atoms with E-state index in [2.05, 4.69) is 16.4 Å². The van der Waals surface area contributed by atoms with Gasteiger partial charge in [0.2, 0.25) is 10.0 Å². The van der Waals surface area contributed by atoms with Crippen molar-refractivity contribution in [3.8, 4) is 5.75 Å². The fourth-order valence-corrected chi connectivity index (χ4v) is 5.67. The summed E-state index contributed by atoms with van der Waals surface area (Å²) in [5, 5.41) is 15.5. The van der Waals surface area contributed by atoms with Crippen LogP contribution in [0.3, 0.4) is 0 Å². The predicted molar refractivity (Wildman–Crippen MR) is 129 cm³/mol. The van der Waals surface area contributed by atoms with Crippen LogP contribution < -0.4 is 10.1 Å². The fourth-order valence-electron chi connectivity index (χ4n) is 4.35. The first-order chi connectivity index (χ1) is 15.4. The molecule has 1 aliphatic rings. The number of benzene rings is 2. The van der Waals surface area contributed by atoms with Gasteiger partial charge in [-0.3, -0.25) is 0 Å². The van der Waals surface area contributed by atoms with Gasteiger partial charge in [-0.25, -0.2) is 12.7 Å². The molecular weight excluding hydrogens is 426 g/mol. The van der Waals surface area contributed by atoms with Crippen molar-refractivity contribution in [1.29, 1.82) is 0 Å². The van der Waals surface area contributed by atoms with E-state index < -0.39 is 16.1 Å². The second-order valence-electron chi connectivity index (χ2n) is 8.91. The van der Waals surface area contributed by atoms with Crippen LogP contribution in [0.5, 0.6) is 5.75 Å². The van der Waals surface area contributed by atoms with Crippen molar-refractivity contribution in [1.82, 2.24) is 14.6 Å². The number of rotatable bonds is 9. The van der Waals surface area contributed by atoms with Crippen molar-refractivity contribution in [2.45, 2.75) is 38.0 Å². The van der Waals surface area contributed by atoms with Crippen LogP contribution in [0.2, 0.25) is 0 Å². The van der Waals surface area contributed by atoms with Crippen LogP contribution >= 0.6 is 0 Å². The minimum Gasteiger partial charge on any atom is -0.490 e. The number of fused-ring (bicyclic) bond motifs is 3. The molecule has 2 aromatic carbocycles. The molecular formula is C24H33N3O4S. The summed E-state index contributed by atoms with van der Waals surface area (Å²) < 4.78 is 32.2. The molecule has 1 aliphatic heterocycles. The Kier molecular flexibility index (Phi) is 7.05. The maximum absolute atomic E-state index is 12.3. The van der Waals surface area contributed by atoms with Gasteiger partial charge in [0.15, 0.2) is 0 Å². The molecule has 8 heteroatoms. The highest BCUT2D eigenvalue weighted by molar-refractivity contribution is 7.89. The van der Waals surface area contributed by atoms with Gasteiger partial charge in [-0.05, 0) is 57.4 Å². The van der Waals surface area contributed by atoms with Crippen LogP contribution in [0, 0.1) is 5.92 Å². The first-order valence-electron chi connectivity index (χ1n) is 11.4. The number of aliphatic hydroxyl groups is 1. The second-order valence-corrected chi connectivity index (χ2v) is 11.4. The SMILES string of the molecule is CC(C)S(=O)(=O)N1CCC(CNC[C@H](O)COc2cccc3[nH]c4ccccc4c23)CC1. The number of aromatic nitrogens is 1. The summed E-state index contributed by atoms with van der Waals surface area (Å²) in [7, 11) is -3.16. The van der Waals surface area contributed by atoms with Gasteiger partial charge in [-0.1, -0.05) is 24.3 Å². The lowest BCUT2D eigenvalue weighted by Gasteiger charge is -2.32. The highest BCUT2D eigenvalue weighted by Crippen LogP contribution is 2.33. The Hall–Kier alpha value is -2.13. The zero-order valence-electron chi connectivity index (χ0n) is 18.8. The molecule has 3 aromatic rings. The molecule has 1 fully saturated rings. The van der Waals surface area contributed by atoms with Gasteiger partial charge in [0, 0.05) is 35.9 Å². The van der Waals surface area contributed by atoms with E-state index in [-0.39, 0.29) is 11.9 Å². The molecule has 1 aromatic heterocycles. The number of aliphatic hydroxyl groups excluding tert-OH is 1. The van der Waals surface area contributed by atoms with Crippen molar-refractivity contribution < 1.29 is 18.3 Å². The molecule has 4 rings (SSSR count). The zero-order chi connectivity index (χ0) is 22.7. The zero-order valence-corrected chi connectivity index (χ0v) is 19.6. The molecule has 0 bridgehead atoms. The van der Waals surface area contributed by atoms with E-state index in [1.165, 1.54) is 0 Å². The third-order valence-corrected chi connectivity index (χ3v) is 8.54. The summed E-state index contributed by atoms with van der Waals surface area (Å²) >= 11 is 0. The number of hydrogen-bond donors (Lipinski definition) is 3. The summed E-state index contributed by atoms with van der Waals surface area (Å²) in [4.78, 5) is 3.40. The van der Waals surface area contributed by atoms with Gasteiger partial charge in [-0.15, -0.1) is 0 Å². The minimum atomic E-state index is -3.16. The molecule has 1 atom stereocenters. The molecule has 2 heterocycles. The Labute approximate surface area is 189 Å². The van der Waals surface area contributed by atoms with Crippen molar-refractivity contribution >= 4 is 31.8 Å². The molecule has 0 radical (unpaired) electrons. The van der Waals surface area contributed by atoms with E-state index in [0.29, 0.717) is 25.6 Å². The van der Waals surface area contributed by atoms with Crippen molar-refractivity contribution in [2.75, 3.05) is 32.8 Å². The van der Waals surface area contributed by atoms with Crippen LogP contribution in [0.1, 0.15) is 26.7 Å². The van der Waals surface area contributed by atoms with Gasteiger partial charge in [0.25, 0.3) is 0 Å². The Morgan fingerprint density at radius 3 is 2.59 bits per heavy atom. The van der Waals surface area contributed by atoms with E-state index in [1.807, 2.05) is 36.4 Å². The average molecular weight is 460 g/mol. The Balaban J connectivity index is 1.24. The van der Waals surface area contributed by atoms with E-state index in [4.69, 9.17) is 4.74 Å². The lowest BCUT2D eigenvalue weighted by atomic mass is 9.98. The van der Waals surface area contributed by atoms with Gasteiger partial charge in [-0.2, -0.15) is 0 Å². The van der Waals surface area contributed by atoms with Crippen LogP contribution in [0.15, 0.2) is 42.5 Å². The first-order valence-corrected chi connectivity index (χ1v) is 12.9. The fraction of sp³-hybridized carbons (Fsp3) is 0.500. The average Bonchev–Trinajstić information content (AvgIpc) is 3.17. The van der Waals surface area contributed by atoms with Crippen molar-refractivity contribution in [3.63, 3.8) is 0 Å². The number of nitrogens with one attached hydrogen (secondary N) is 2. The molecule has 0 spiro atoms. The predicted octanol–water partition coefficient (Wildman–Crippen LogP) is 3.10. The first kappa shape index (κ1) is 23.0. The molecule has 0 saturated carbocycles. The van der Waals surface area contributed by atoms with Gasteiger partial charge in [0.1, 0.15) is 18.5 Å². The molecule has 174 valence electrons. The quantitative estimate of drug-likeness (QED) is 0.457. The highest BCUT2D eigenvalue weighted by Gasteiger charge is 2.30. The Bertz CT molecular complexity index is 1150. The number of para-hydroxylation sites is 1. The monoisotopic (exact) mass is 459 g/mol. The number of aromatic amines is 1. The summed E-state index contributed by atoms with van der Waals surface area (Å²) in [6.45, 7) is 6.02. The van der Waals surface area contributed by atoms with Crippen LogP contribution in [-0.4, -0.2) is 67.0 Å².